The van der Waals surface area contributed by atoms with E-state index in [9.17, 15) is 29.8 Å². The van der Waals surface area contributed by atoms with Crippen molar-refractivity contribution in [3.05, 3.63) is 72.7 Å². The number of nitro groups is 2. The minimum atomic E-state index is -0.718. The Kier molecular flexibility index (Phi) is 4.68. The van der Waals surface area contributed by atoms with E-state index in [1.54, 1.807) is 13.0 Å². The molecule has 1 aromatic heterocycles. The number of carbonyl (C=O) groups excluding carboxylic acids is 1. The van der Waals surface area contributed by atoms with Crippen molar-refractivity contribution >= 4 is 23.0 Å². The summed E-state index contributed by atoms with van der Waals surface area (Å²) < 4.78 is 0.855. The van der Waals surface area contributed by atoms with Gasteiger partial charge in [0.1, 0.15) is 12.2 Å². The molecule has 0 aliphatic heterocycles. The molecule has 1 heterocycles. The van der Waals surface area contributed by atoms with Gasteiger partial charge in [0, 0.05) is 18.2 Å². The molecule has 1 amide bonds. The lowest BCUT2D eigenvalue weighted by Crippen LogP contribution is -2.27. The maximum Gasteiger partial charge on any atom is 0.293 e. The monoisotopic (exact) mass is 332 g/mol. The maximum atomic E-state index is 12.0. The van der Waals surface area contributed by atoms with Crippen molar-refractivity contribution in [2.45, 2.75) is 13.5 Å². The first-order chi connectivity index (χ1) is 11.3. The number of amides is 1. The number of nitro benzene ring substituents is 1. The second kappa shape index (κ2) is 6.69. The lowest BCUT2D eigenvalue weighted by Gasteiger charge is -2.08. The van der Waals surface area contributed by atoms with E-state index in [4.69, 9.17) is 0 Å². The van der Waals surface area contributed by atoms with Crippen molar-refractivity contribution in [2.75, 3.05) is 5.32 Å². The second-order valence-electron chi connectivity index (χ2n) is 4.94. The number of aryl methyl sites for hydroxylation is 1. The number of pyridine rings is 1. The average molecular weight is 332 g/mol. The van der Waals surface area contributed by atoms with Gasteiger partial charge in [0.25, 0.3) is 16.9 Å². The lowest BCUT2D eigenvalue weighted by atomic mass is 10.2. The second-order valence-corrected chi connectivity index (χ2v) is 4.94. The van der Waals surface area contributed by atoms with Gasteiger partial charge >= 0.3 is 0 Å². The fourth-order valence-corrected chi connectivity index (χ4v) is 1.99. The van der Waals surface area contributed by atoms with E-state index >= 15 is 0 Å². The zero-order valence-corrected chi connectivity index (χ0v) is 12.5. The van der Waals surface area contributed by atoms with Gasteiger partial charge in [-0.3, -0.25) is 34.4 Å². The van der Waals surface area contributed by atoms with Crippen LogP contribution in [0.25, 0.3) is 0 Å². The first-order valence-corrected chi connectivity index (χ1v) is 6.67. The average Bonchev–Trinajstić information content (AvgIpc) is 2.50. The molecular formula is C14H12N4O6. The van der Waals surface area contributed by atoms with Crippen molar-refractivity contribution in [3.8, 4) is 0 Å². The summed E-state index contributed by atoms with van der Waals surface area (Å²) >= 11 is 0. The van der Waals surface area contributed by atoms with Crippen molar-refractivity contribution in [1.29, 1.82) is 0 Å². The van der Waals surface area contributed by atoms with Gasteiger partial charge in [-0.2, -0.15) is 0 Å². The number of nitrogens with one attached hydrogen (secondary N) is 1. The zero-order valence-electron chi connectivity index (χ0n) is 12.5. The molecule has 1 N–H and O–H groups in total. The lowest BCUT2D eigenvalue weighted by molar-refractivity contribution is -0.385. The highest BCUT2D eigenvalue weighted by Crippen LogP contribution is 2.25. The van der Waals surface area contributed by atoms with E-state index in [0.717, 1.165) is 22.9 Å². The van der Waals surface area contributed by atoms with E-state index in [1.165, 1.54) is 12.1 Å². The van der Waals surface area contributed by atoms with Crippen LogP contribution in [0.4, 0.5) is 17.1 Å². The van der Waals surface area contributed by atoms with Gasteiger partial charge in [0.2, 0.25) is 5.91 Å². The third kappa shape index (κ3) is 3.80. The van der Waals surface area contributed by atoms with Crippen molar-refractivity contribution in [2.24, 2.45) is 0 Å². The molecule has 0 atom stereocenters. The summed E-state index contributed by atoms with van der Waals surface area (Å²) in [7, 11) is 0. The summed E-state index contributed by atoms with van der Waals surface area (Å²) in [5.74, 6) is -0.718. The van der Waals surface area contributed by atoms with Gasteiger partial charge in [-0.05, 0) is 18.6 Å². The third-order valence-electron chi connectivity index (χ3n) is 3.12. The molecule has 2 rings (SSSR count). The predicted molar refractivity (Wildman–Crippen MR) is 83.8 cm³/mol. The largest absolute Gasteiger partial charge is 0.319 e. The van der Waals surface area contributed by atoms with Crippen LogP contribution in [0.15, 0.2) is 41.3 Å². The number of nitrogens with zero attached hydrogens (tertiary/aromatic N) is 3. The van der Waals surface area contributed by atoms with Crippen LogP contribution in [0.5, 0.6) is 0 Å². The Balaban J connectivity index is 2.23. The molecule has 0 fully saturated rings. The Morgan fingerprint density at radius 1 is 1.17 bits per heavy atom. The van der Waals surface area contributed by atoms with Crippen LogP contribution in [-0.4, -0.2) is 20.3 Å². The maximum absolute atomic E-state index is 12.0. The Hall–Kier alpha value is -3.56. The van der Waals surface area contributed by atoms with Crippen LogP contribution in [0.1, 0.15) is 5.56 Å². The molecule has 0 saturated heterocycles. The van der Waals surface area contributed by atoms with E-state index in [-0.39, 0.29) is 17.1 Å². The molecule has 0 spiro atoms. The summed E-state index contributed by atoms with van der Waals surface area (Å²) in [4.78, 5) is 44.1. The van der Waals surface area contributed by atoms with Gasteiger partial charge in [0.15, 0.2) is 0 Å². The van der Waals surface area contributed by atoms with Crippen LogP contribution in [0, 0.1) is 27.2 Å². The van der Waals surface area contributed by atoms with Gasteiger partial charge in [0.05, 0.1) is 16.0 Å². The van der Waals surface area contributed by atoms with Gasteiger partial charge < -0.3 is 5.32 Å². The molecule has 0 aliphatic carbocycles. The standard InChI is InChI=1S/C14H12N4O6/c1-9-2-4-11(12(6-9)18(23)24)15-13(19)8-16-7-10(17(21)22)3-5-14(16)20/h2-7H,8H2,1H3,(H,15,19). The highest BCUT2D eigenvalue weighted by molar-refractivity contribution is 5.93. The molecule has 10 nitrogen and oxygen atoms in total. The normalized spacial score (nSPS) is 10.2. The topological polar surface area (TPSA) is 137 Å². The number of rotatable bonds is 5. The SMILES string of the molecule is Cc1ccc(NC(=O)Cn2cc([N+](=O)[O-])ccc2=O)c([N+](=O)[O-])c1. The number of benzene rings is 1. The number of hydrogen-bond donors (Lipinski definition) is 1. The summed E-state index contributed by atoms with van der Waals surface area (Å²) in [5, 5.41) is 24.1. The smallest absolute Gasteiger partial charge is 0.293 e. The van der Waals surface area contributed by atoms with E-state index in [0.29, 0.717) is 5.56 Å². The van der Waals surface area contributed by atoms with Crippen LogP contribution in [0.3, 0.4) is 0 Å². The number of anilines is 1. The van der Waals surface area contributed by atoms with Gasteiger partial charge in [-0.25, -0.2) is 0 Å². The van der Waals surface area contributed by atoms with Crippen LogP contribution < -0.4 is 10.9 Å². The van der Waals surface area contributed by atoms with E-state index in [2.05, 4.69) is 5.32 Å². The first kappa shape index (κ1) is 16.8. The molecule has 0 radical (unpaired) electrons. The molecular weight excluding hydrogens is 320 g/mol. The highest BCUT2D eigenvalue weighted by atomic mass is 16.6. The van der Waals surface area contributed by atoms with Crippen LogP contribution >= 0.6 is 0 Å². The van der Waals surface area contributed by atoms with Crippen LogP contribution in [-0.2, 0) is 11.3 Å². The number of hydrogen-bond acceptors (Lipinski definition) is 6. The molecule has 0 unspecified atom stereocenters. The van der Waals surface area contributed by atoms with Crippen molar-refractivity contribution in [3.63, 3.8) is 0 Å². The molecule has 10 heteroatoms. The fraction of sp³-hybridized carbons (Fsp3) is 0.143. The predicted octanol–water partition coefficient (Wildman–Crippen LogP) is 1.61. The van der Waals surface area contributed by atoms with Crippen molar-refractivity contribution in [1.82, 2.24) is 4.57 Å². The molecule has 0 aliphatic rings. The Morgan fingerprint density at radius 2 is 1.88 bits per heavy atom. The Labute approximate surface area is 134 Å². The molecule has 0 bridgehead atoms. The van der Waals surface area contributed by atoms with E-state index in [1.807, 2.05) is 0 Å². The number of aromatic nitrogens is 1. The summed E-state index contributed by atoms with van der Waals surface area (Å²) in [6, 6.07) is 6.26. The molecule has 124 valence electrons. The molecule has 2 aromatic rings. The molecule has 24 heavy (non-hydrogen) atoms. The highest BCUT2D eigenvalue weighted by Gasteiger charge is 2.17. The summed E-state index contributed by atoms with van der Waals surface area (Å²) in [5.41, 5.74) is -0.601. The van der Waals surface area contributed by atoms with E-state index < -0.39 is 27.9 Å². The summed E-state index contributed by atoms with van der Waals surface area (Å²) in [6.45, 7) is 1.16. The Morgan fingerprint density at radius 3 is 2.50 bits per heavy atom. The Bertz CT molecular complexity index is 889. The number of carbonyl (C=O) groups is 1. The van der Waals surface area contributed by atoms with Crippen molar-refractivity contribution < 1.29 is 14.6 Å². The minimum Gasteiger partial charge on any atom is -0.319 e. The molecule has 0 saturated carbocycles. The summed E-state index contributed by atoms with van der Waals surface area (Å²) in [6.07, 6.45) is 0.936. The zero-order chi connectivity index (χ0) is 17.9. The third-order valence-corrected chi connectivity index (χ3v) is 3.12. The fourth-order valence-electron chi connectivity index (χ4n) is 1.99. The minimum absolute atomic E-state index is 0.0194. The van der Waals surface area contributed by atoms with Gasteiger partial charge in [-0.1, -0.05) is 6.07 Å². The first-order valence-electron chi connectivity index (χ1n) is 6.67. The van der Waals surface area contributed by atoms with Crippen LogP contribution in [0.2, 0.25) is 0 Å². The quantitative estimate of drug-likeness (QED) is 0.652. The molecule has 1 aromatic carbocycles. The van der Waals surface area contributed by atoms with Gasteiger partial charge in [-0.15, -0.1) is 0 Å².